The lowest BCUT2D eigenvalue weighted by molar-refractivity contribution is -0.143. The summed E-state index contributed by atoms with van der Waals surface area (Å²) in [5, 5.41) is 6.39. The van der Waals surface area contributed by atoms with Crippen LogP contribution in [0.1, 0.15) is 12.0 Å². The number of hydrogen-bond donors (Lipinski definition) is 2. The molecule has 0 spiro atoms. The summed E-state index contributed by atoms with van der Waals surface area (Å²) in [6.45, 7) is 0.556. The van der Waals surface area contributed by atoms with Crippen LogP contribution in [0.2, 0.25) is 0 Å². The Hall–Kier alpha value is -2.16. The fourth-order valence-corrected chi connectivity index (χ4v) is 3.10. The Morgan fingerprint density at radius 3 is 2.63 bits per heavy atom. The van der Waals surface area contributed by atoms with Gasteiger partial charge in [-0.3, -0.25) is 9.89 Å². The van der Waals surface area contributed by atoms with Gasteiger partial charge in [-0.25, -0.2) is 0 Å². The molecule has 27 heavy (non-hydrogen) atoms. The highest BCUT2D eigenvalue weighted by molar-refractivity contribution is 5.80. The van der Waals surface area contributed by atoms with Crippen molar-refractivity contribution < 1.29 is 22.6 Å². The van der Waals surface area contributed by atoms with Gasteiger partial charge in [0.05, 0.1) is 20.8 Å². The first-order valence-electron chi connectivity index (χ1n) is 8.82. The molecule has 1 fully saturated rings. The quantitative estimate of drug-likeness (QED) is 0.553. The lowest BCUT2D eigenvalue weighted by Crippen LogP contribution is -2.45. The number of hydrogen-bond acceptors (Lipinski definition) is 4. The van der Waals surface area contributed by atoms with Crippen LogP contribution in [-0.4, -0.2) is 70.5 Å². The van der Waals surface area contributed by atoms with Gasteiger partial charge < -0.3 is 20.1 Å². The van der Waals surface area contributed by atoms with Crippen LogP contribution in [0.25, 0.3) is 0 Å². The highest BCUT2D eigenvalue weighted by atomic mass is 19.4. The third-order valence-electron chi connectivity index (χ3n) is 4.39. The zero-order valence-electron chi connectivity index (χ0n) is 15.9. The first kappa shape index (κ1) is 21.1. The Morgan fingerprint density at radius 2 is 2.00 bits per heavy atom. The molecule has 1 heterocycles. The third-order valence-corrected chi connectivity index (χ3v) is 4.39. The van der Waals surface area contributed by atoms with E-state index < -0.39 is 12.7 Å². The van der Waals surface area contributed by atoms with E-state index in [4.69, 9.17) is 9.47 Å². The van der Waals surface area contributed by atoms with Crippen molar-refractivity contribution in [2.24, 2.45) is 4.99 Å². The predicted octanol–water partition coefficient (Wildman–Crippen LogP) is 2.05. The third kappa shape index (κ3) is 6.82. The topological polar surface area (TPSA) is 58.1 Å². The van der Waals surface area contributed by atoms with Crippen molar-refractivity contribution in [2.75, 3.05) is 47.4 Å². The molecule has 1 aromatic carbocycles. The van der Waals surface area contributed by atoms with Gasteiger partial charge >= 0.3 is 6.18 Å². The van der Waals surface area contributed by atoms with E-state index in [0.717, 1.165) is 12.0 Å². The molecule has 9 heteroatoms. The Kier molecular flexibility index (Phi) is 7.58. The number of likely N-dealkylation sites (tertiary alicyclic amines) is 1. The molecule has 0 bridgehead atoms. The summed E-state index contributed by atoms with van der Waals surface area (Å²) in [6, 6.07) is 5.70. The molecule has 1 atom stereocenters. The van der Waals surface area contributed by atoms with Crippen LogP contribution in [-0.2, 0) is 6.42 Å². The fraction of sp³-hybridized carbons (Fsp3) is 0.611. The standard InChI is InChI=1S/C18H27F3N4O2/c1-22-17(24-14-7-9-25(11-14)12-18(19,20)21)23-8-6-13-4-5-15(26-2)16(10-13)27-3/h4-5,10,14H,6-9,11-12H2,1-3H3,(H2,22,23,24). The maximum absolute atomic E-state index is 12.5. The van der Waals surface area contributed by atoms with E-state index in [1.165, 1.54) is 4.90 Å². The highest BCUT2D eigenvalue weighted by Gasteiger charge is 2.34. The molecule has 0 saturated carbocycles. The SMILES string of the molecule is CN=C(NCCc1ccc(OC)c(OC)c1)NC1CCN(CC(F)(F)F)C1. The molecule has 0 aliphatic carbocycles. The summed E-state index contributed by atoms with van der Waals surface area (Å²) >= 11 is 0. The molecule has 2 rings (SSSR count). The van der Waals surface area contributed by atoms with Crippen molar-refractivity contribution in [3.63, 3.8) is 0 Å². The molecule has 0 radical (unpaired) electrons. The van der Waals surface area contributed by atoms with E-state index in [0.29, 0.717) is 43.5 Å². The molecule has 1 saturated heterocycles. The Morgan fingerprint density at radius 1 is 1.26 bits per heavy atom. The van der Waals surface area contributed by atoms with Gasteiger partial charge in [-0.2, -0.15) is 13.2 Å². The fourth-order valence-electron chi connectivity index (χ4n) is 3.10. The van der Waals surface area contributed by atoms with E-state index in [1.807, 2.05) is 18.2 Å². The number of halogens is 3. The van der Waals surface area contributed by atoms with Gasteiger partial charge in [-0.05, 0) is 30.5 Å². The normalized spacial score (nSPS) is 18.4. The van der Waals surface area contributed by atoms with E-state index in [1.54, 1.807) is 21.3 Å². The highest BCUT2D eigenvalue weighted by Crippen LogP contribution is 2.27. The second-order valence-electron chi connectivity index (χ2n) is 6.42. The molecular weight excluding hydrogens is 361 g/mol. The second-order valence-corrected chi connectivity index (χ2v) is 6.42. The first-order chi connectivity index (χ1) is 12.8. The van der Waals surface area contributed by atoms with Gasteiger partial charge in [0, 0.05) is 32.7 Å². The van der Waals surface area contributed by atoms with Gasteiger partial charge in [0.15, 0.2) is 17.5 Å². The minimum absolute atomic E-state index is 0.0420. The van der Waals surface area contributed by atoms with E-state index >= 15 is 0 Å². The van der Waals surface area contributed by atoms with Crippen LogP contribution in [0.4, 0.5) is 13.2 Å². The van der Waals surface area contributed by atoms with Gasteiger partial charge in [0.25, 0.3) is 0 Å². The molecular formula is C18H27F3N4O2. The van der Waals surface area contributed by atoms with Gasteiger partial charge in [-0.1, -0.05) is 6.07 Å². The van der Waals surface area contributed by atoms with Crippen LogP contribution in [0.3, 0.4) is 0 Å². The summed E-state index contributed by atoms with van der Waals surface area (Å²) in [6.07, 6.45) is -2.76. The monoisotopic (exact) mass is 388 g/mol. The summed E-state index contributed by atoms with van der Waals surface area (Å²) in [5.74, 6) is 1.94. The molecule has 0 aromatic heterocycles. The van der Waals surface area contributed by atoms with Gasteiger partial charge in [0.1, 0.15) is 0 Å². The van der Waals surface area contributed by atoms with Crippen LogP contribution < -0.4 is 20.1 Å². The number of ether oxygens (including phenoxy) is 2. The second kappa shape index (κ2) is 9.68. The van der Waals surface area contributed by atoms with E-state index in [-0.39, 0.29) is 6.04 Å². The number of nitrogens with zero attached hydrogens (tertiary/aromatic N) is 2. The zero-order chi connectivity index (χ0) is 19.9. The largest absolute Gasteiger partial charge is 0.493 e. The Bertz CT molecular complexity index is 638. The lowest BCUT2D eigenvalue weighted by Gasteiger charge is -2.20. The molecule has 2 N–H and O–H groups in total. The molecule has 1 aliphatic heterocycles. The van der Waals surface area contributed by atoms with Crippen LogP contribution in [0.15, 0.2) is 23.2 Å². The average Bonchev–Trinajstić information content (AvgIpc) is 3.05. The summed E-state index contributed by atoms with van der Waals surface area (Å²) in [5.41, 5.74) is 1.08. The number of aliphatic imine (C=N–C) groups is 1. The van der Waals surface area contributed by atoms with Crippen LogP contribution in [0, 0.1) is 0 Å². The smallest absolute Gasteiger partial charge is 0.401 e. The Balaban J connectivity index is 1.78. The molecule has 1 unspecified atom stereocenters. The van der Waals surface area contributed by atoms with Crippen molar-refractivity contribution in [1.82, 2.24) is 15.5 Å². The summed E-state index contributed by atoms with van der Waals surface area (Å²) < 4.78 is 47.9. The van der Waals surface area contributed by atoms with Crippen molar-refractivity contribution in [1.29, 1.82) is 0 Å². The number of benzene rings is 1. The minimum Gasteiger partial charge on any atom is -0.493 e. The molecule has 6 nitrogen and oxygen atoms in total. The lowest BCUT2D eigenvalue weighted by atomic mass is 10.1. The maximum atomic E-state index is 12.5. The van der Waals surface area contributed by atoms with E-state index in [9.17, 15) is 13.2 Å². The average molecular weight is 388 g/mol. The predicted molar refractivity (Wildman–Crippen MR) is 98.6 cm³/mol. The number of guanidine groups is 1. The minimum atomic E-state index is -4.16. The number of nitrogens with one attached hydrogen (secondary N) is 2. The maximum Gasteiger partial charge on any atom is 0.401 e. The van der Waals surface area contributed by atoms with Gasteiger partial charge in [0.2, 0.25) is 0 Å². The van der Waals surface area contributed by atoms with E-state index in [2.05, 4.69) is 15.6 Å². The van der Waals surface area contributed by atoms with Crippen molar-refractivity contribution in [3.8, 4) is 11.5 Å². The number of methoxy groups -OCH3 is 2. The van der Waals surface area contributed by atoms with Gasteiger partial charge in [-0.15, -0.1) is 0 Å². The van der Waals surface area contributed by atoms with Crippen LogP contribution >= 0.6 is 0 Å². The molecule has 0 amide bonds. The number of alkyl halides is 3. The number of rotatable bonds is 7. The van der Waals surface area contributed by atoms with Crippen LogP contribution in [0.5, 0.6) is 11.5 Å². The first-order valence-corrected chi connectivity index (χ1v) is 8.82. The molecule has 1 aliphatic rings. The van der Waals surface area contributed by atoms with Crippen molar-refractivity contribution >= 4 is 5.96 Å². The Labute approximate surface area is 157 Å². The van der Waals surface area contributed by atoms with Crippen molar-refractivity contribution in [2.45, 2.75) is 25.1 Å². The molecule has 1 aromatic rings. The molecule has 152 valence electrons. The summed E-state index contributed by atoms with van der Waals surface area (Å²) in [7, 11) is 4.83. The zero-order valence-corrected chi connectivity index (χ0v) is 15.9. The summed E-state index contributed by atoms with van der Waals surface area (Å²) in [4.78, 5) is 5.56. The van der Waals surface area contributed by atoms with Crippen molar-refractivity contribution in [3.05, 3.63) is 23.8 Å².